The minimum Gasteiger partial charge on any atom is -0.325 e. The summed E-state index contributed by atoms with van der Waals surface area (Å²) in [6, 6.07) is 9.94. The van der Waals surface area contributed by atoms with E-state index in [1.807, 2.05) is 17.5 Å². The second-order valence-corrected chi connectivity index (χ2v) is 5.65. The van der Waals surface area contributed by atoms with Gasteiger partial charge in [-0.05, 0) is 29.6 Å². The van der Waals surface area contributed by atoms with E-state index in [4.69, 9.17) is 0 Å². The standard InChI is InChI=1S/C13H12FNOS2/c14-10-3-1-4-11(7-10)15-13(16)9-17-8-12-5-2-6-18-12/h1-7H,8-9H2,(H,15,16). The Morgan fingerprint density at radius 1 is 1.33 bits per heavy atom. The van der Waals surface area contributed by atoms with Gasteiger partial charge in [-0.1, -0.05) is 12.1 Å². The molecule has 0 atom stereocenters. The van der Waals surface area contributed by atoms with Gasteiger partial charge >= 0.3 is 0 Å². The van der Waals surface area contributed by atoms with E-state index in [-0.39, 0.29) is 11.7 Å². The third-order valence-electron chi connectivity index (χ3n) is 2.17. The van der Waals surface area contributed by atoms with E-state index < -0.39 is 0 Å². The summed E-state index contributed by atoms with van der Waals surface area (Å²) in [5, 5.41) is 4.68. The highest BCUT2D eigenvalue weighted by atomic mass is 32.2. The first-order valence-corrected chi connectivity index (χ1v) is 7.43. The lowest BCUT2D eigenvalue weighted by Crippen LogP contribution is -2.14. The molecule has 5 heteroatoms. The summed E-state index contributed by atoms with van der Waals surface area (Å²) in [4.78, 5) is 12.8. The third-order valence-corrected chi connectivity index (χ3v) is 4.21. The van der Waals surface area contributed by atoms with E-state index >= 15 is 0 Å². The molecule has 94 valence electrons. The number of thiophene rings is 1. The molecule has 1 amide bonds. The number of benzene rings is 1. The molecule has 2 aromatic rings. The first-order chi connectivity index (χ1) is 8.74. The molecule has 2 nitrogen and oxygen atoms in total. The van der Waals surface area contributed by atoms with Crippen molar-refractivity contribution in [2.24, 2.45) is 0 Å². The number of thioether (sulfide) groups is 1. The zero-order valence-corrected chi connectivity index (χ0v) is 11.2. The molecule has 0 fully saturated rings. The van der Waals surface area contributed by atoms with Crippen molar-refractivity contribution in [1.82, 2.24) is 0 Å². The topological polar surface area (TPSA) is 29.1 Å². The number of carbonyl (C=O) groups excluding carboxylic acids is 1. The summed E-state index contributed by atoms with van der Waals surface area (Å²) in [6.07, 6.45) is 0. The Hall–Kier alpha value is -1.33. The van der Waals surface area contributed by atoms with Gasteiger partial charge in [0.25, 0.3) is 0 Å². The quantitative estimate of drug-likeness (QED) is 0.904. The van der Waals surface area contributed by atoms with Crippen molar-refractivity contribution >= 4 is 34.7 Å². The first kappa shape index (κ1) is 13.1. The highest BCUT2D eigenvalue weighted by molar-refractivity contribution is 7.99. The number of rotatable bonds is 5. The van der Waals surface area contributed by atoms with Crippen molar-refractivity contribution in [3.8, 4) is 0 Å². The SMILES string of the molecule is O=C(CSCc1cccs1)Nc1cccc(F)c1. The van der Waals surface area contributed by atoms with Crippen molar-refractivity contribution in [3.63, 3.8) is 0 Å². The summed E-state index contributed by atoms with van der Waals surface area (Å²) < 4.78 is 12.9. The molecule has 0 aliphatic heterocycles. The van der Waals surface area contributed by atoms with Crippen molar-refractivity contribution < 1.29 is 9.18 Å². The molecule has 0 bridgehead atoms. The number of halogens is 1. The first-order valence-electron chi connectivity index (χ1n) is 5.39. The smallest absolute Gasteiger partial charge is 0.234 e. The van der Waals surface area contributed by atoms with Crippen molar-refractivity contribution in [3.05, 3.63) is 52.5 Å². The molecule has 0 saturated carbocycles. The predicted molar refractivity (Wildman–Crippen MR) is 75.5 cm³/mol. The van der Waals surface area contributed by atoms with Gasteiger partial charge in [-0.15, -0.1) is 23.1 Å². The van der Waals surface area contributed by atoms with Crippen LogP contribution in [0.1, 0.15) is 4.88 Å². The van der Waals surface area contributed by atoms with Crippen molar-refractivity contribution in [1.29, 1.82) is 0 Å². The third kappa shape index (κ3) is 4.16. The molecule has 1 heterocycles. The Labute approximate surface area is 113 Å². The fourth-order valence-electron chi connectivity index (χ4n) is 1.40. The number of hydrogen-bond donors (Lipinski definition) is 1. The van der Waals surface area contributed by atoms with Crippen LogP contribution < -0.4 is 5.32 Å². The summed E-state index contributed by atoms with van der Waals surface area (Å²) in [6.45, 7) is 0. The minimum atomic E-state index is -0.348. The largest absolute Gasteiger partial charge is 0.325 e. The van der Waals surface area contributed by atoms with E-state index in [9.17, 15) is 9.18 Å². The molecule has 0 saturated heterocycles. The maximum absolute atomic E-state index is 12.9. The van der Waals surface area contributed by atoms with Crippen LogP contribution in [0.15, 0.2) is 41.8 Å². The summed E-state index contributed by atoms with van der Waals surface area (Å²) in [7, 11) is 0. The van der Waals surface area contributed by atoms with E-state index in [2.05, 4.69) is 5.32 Å². The van der Waals surface area contributed by atoms with Gasteiger partial charge in [0.05, 0.1) is 5.75 Å². The average Bonchev–Trinajstić information content (AvgIpc) is 2.82. The number of hydrogen-bond acceptors (Lipinski definition) is 3. The summed E-state index contributed by atoms with van der Waals surface area (Å²) in [5.41, 5.74) is 0.497. The highest BCUT2D eigenvalue weighted by Gasteiger charge is 2.04. The minimum absolute atomic E-state index is 0.109. The molecule has 0 radical (unpaired) electrons. The monoisotopic (exact) mass is 281 g/mol. The van der Waals surface area contributed by atoms with E-state index in [1.54, 1.807) is 35.2 Å². The number of amides is 1. The van der Waals surface area contributed by atoms with Gasteiger partial charge in [0.1, 0.15) is 5.82 Å². The molecular formula is C13H12FNOS2. The van der Waals surface area contributed by atoms with Crippen LogP contribution in [0, 0.1) is 5.82 Å². The average molecular weight is 281 g/mol. The number of nitrogens with one attached hydrogen (secondary N) is 1. The van der Waals surface area contributed by atoms with Crippen LogP contribution in [0.5, 0.6) is 0 Å². The van der Waals surface area contributed by atoms with Gasteiger partial charge in [-0.2, -0.15) is 0 Å². The number of carbonyl (C=O) groups is 1. The van der Waals surface area contributed by atoms with Crippen LogP contribution >= 0.6 is 23.1 Å². The van der Waals surface area contributed by atoms with Crippen molar-refractivity contribution in [2.75, 3.05) is 11.1 Å². The van der Waals surface area contributed by atoms with Gasteiger partial charge in [0.15, 0.2) is 0 Å². The van der Waals surface area contributed by atoms with Gasteiger partial charge in [-0.25, -0.2) is 4.39 Å². The maximum Gasteiger partial charge on any atom is 0.234 e. The van der Waals surface area contributed by atoms with Crippen molar-refractivity contribution in [2.45, 2.75) is 5.75 Å². The second-order valence-electron chi connectivity index (χ2n) is 3.63. The molecule has 0 spiro atoms. The van der Waals surface area contributed by atoms with E-state index in [0.717, 1.165) is 5.75 Å². The molecule has 0 aliphatic rings. The number of anilines is 1. The maximum atomic E-state index is 12.9. The lowest BCUT2D eigenvalue weighted by Gasteiger charge is -2.04. The molecule has 1 aromatic heterocycles. The predicted octanol–water partition coefficient (Wildman–Crippen LogP) is 3.76. The van der Waals surface area contributed by atoms with E-state index in [1.165, 1.54) is 17.0 Å². The highest BCUT2D eigenvalue weighted by Crippen LogP contribution is 2.17. The van der Waals surface area contributed by atoms with Gasteiger partial charge < -0.3 is 5.32 Å². The Morgan fingerprint density at radius 3 is 2.94 bits per heavy atom. The molecule has 1 aromatic carbocycles. The zero-order valence-electron chi connectivity index (χ0n) is 9.56. The Bertz CT molecular complexity index is 513. The molecule has 1 N–H and O–H groups in total. The molecular weight excluding hydrogens is 269 g/mol. The molecule has 18 heavy (non-hydrogen) atoms. The lowest BCUT2D eigenvalue weighted by molar-refractivity contribution is -0.113. The van der Waals surface area contributed by atoms with Crippen LogP contribution in [-0.4, -0.2) is 11.7 Å². The molecule has 2 rings (SSSR count). The Balaban J connectivity index is 1.75. The fourth-order valence-corrected chi connectivity index (χ4v) is 3.07. The summed E-state index contributed by atoms with van der Waals surface area (Å²) in [5.74, 6) is 0.740. The van der Waals surface area contributed by atoms with Crippen LogP contribution in [0.3, 0.4) is 0 Å². The van der Waals surface area contributed by atoms with Crippen LogP contribution in [0.2, 0.25) is 0 Å². The summed E-state index contributed by atoms with van der Waals surface area (Å²) >= 11 is 3.23. The Kier molecular flexibility index (Phi) is 4.78. The van der Waals surface area contributed by atoms with Crippen LogP contribution in [-0.2, 0) is 10.5 Å². The fraction of sp³-hybridized carbons (Fsp3) is 0.154. The lowest BCUT2D eigenvalue weighted by atomic mass is 10.3. The van der Waals surface area contributed by atoms with Crippen LogP contribution in [0.25, 0.3) is 0 Å². The molecule has 0 unspecified atom stereocenters. The van der Waals surface area contributed by atoms with Gasteiger partial charge in [0.2, 0.25) is 5.91 Å². The van der Waals surface area contributed by atoms with E-state index in [0.29, 0.717) is 11.4 Å². The zero-order chi connectivity index (χ0) is 12.8. The molecule has 0 aliphatic carbocycles. The van der Waals surface area contributed by atoms with Crippen LogP contribution in [0.4, 0.5) is 10.1 Å². The van der Waals surface area contributed by atoms with Gasteiger partial charge in [0, 0.05) is 16.3 Å². The van der Waals surface area contributed by atoms with Gasteiger partial charge in [-0.3, -0.25) is 4.79 Å². The Morgan fingerprint density at radius 2 is 2.22 bits per heavy atom. The second kappa shape index (κ2) is 6.56. The normalized spacial score (nSPS) is 10.3.